The van der Waals surface area contributed by atoms with Crippen molar-refractivity contribution in [1.29, 1.82) is 0 Å². The van der Waals surface area contributed by atoms with E-state index in [2.05, 4.69) is 15.3 Å². The molecule has 0 amide bonds. The quantitative estimate of drug-likeness (QED) is 0.647. The molecule has 2 aromatic rings. The first-order valence-electron chi connectivity index (χ1n) is 5.59. The highest BCUT2D eigenvalue weighted by atomic mass is 16.6. The third-order valence-electron chi connectivity index (χ3n) is 2.54. The zero-order valence-corrected chi connectivity index (χ0v) is 10.5. The van der Waals surface area contributed by atoms with Crippen molar-refractivity contribution in [2.24, 2.45) is 0 Å². The highest BCUT2D eigenvalue weighted by Crippen LogP contribution is 2.28. The maximum Gasteiger partial charge on any atom is 0.332 e. The molecule has 0 fully saturated rings. The van der Waals surface area contributed by atoms with Gasteiger partial charge in [0.2, 0.25) is 11.8 Å². The van der Waals surface area contributed by atoms with E-state index >= 15 is 0 Å². The van der Waals surface area contributed by atoms with Gasteiger partial charge in [-0.3, -0.25) is 10.1 Å². The van der Waals surface area contributed by atoms with Gasteiger partial charge >= 0.3 is 5.69 Å². The van der Waals surface area contributed by atoms with Crippen LogP contribution in [0.1, 0.15) is 11.3 Å². The predicted molar refractivity (Wildman–Crippen MR) is 72.3 cm³/mol. The van der Waals surface area contributed by atoms with Crippen molar-refractivity contribution in [3.8, 4) is 0 Å². The zero-order valence-electron chi connectivity index (χ0n) is 10.5. The summed E-state index contributed by atoms with van der Waals surface area (Å²) in [5, 5.41) is 14.0. The number of hydrogen-bond donors (Lipinski definition) is 2. The number of nitrogens with zero attached hydrogens (tertiary/aromatic N) is 3. The molecule has 0 unspecified atom stereocenters. The van der Waals surface area contributed by atoms with Gasteiger partial charge in [0.25, 0.3) is 0 Å². The molecule has 0 aliphatic rings. The lowest BCUT2D eigenvalue weighted by Gasteiger charge is -2.08. The Balaban J connectivity index is 2.47. The summed E-state index contributed by atoms with van der Waals surface area (Å²) in [6.07, 6.45) is 0. The van der Waals surface area contributed by atoms with Crippen molar-refractivity contribution in [1.82, 2.24) is 9.97 Å². The van der Waals surface area contributed by atoms with E-state index in [4.69, 9.17) is 5.73 Å². The number of aromatic nitrogens is 2. The molecule has 19 heavy (non-hydrogen) atoms. The average molecular weight is 259 g/mol. The minimum absolute atomic E-state index is 0.00162. The van der Waals surface area contributed by atoms with E-state index in [1.807, 2.05) is 25.1 Å². The fraction of sp³-hybridized carbons (Fsp3) is 0.167. The second kappa shape index (κ2) is 4.89. The minimum atomic E-state index is -0.521. The molecule has 0 atom stereocenters. The summed E-state index contributed by atoms with van der Waals surface area (Å²) in [6.45, 7) is 3.46. The third-order valence-corrected chi connectivity index (χ3v) is 2.54. The molecule has 0 aliphatic carbocycles. The number of nitro groups is 1. The summed E-state index contributed by atoms with van der Waals surface area (Å²) < 4.78 is 0. The Morgan fingerprint density at radius 1 is 1.32 bits per heavy atom. The molecule has 1 heterocycles. The second-order valence-electron chi connectivity index (χ2n) is 4.12. The largest absolute Gasteiger partial charge is 0.368 e. The Morgan fingerprint density at radius 3 is 2.68 bits per heavy atom. The summed E-state index contributed by atoms with van der Waals surface area (Å²) in [6, 6.07) is 7.43. The van der Waals surface area contributed by atoms with Crippen LogP contribution in [0.15, 0.2) is 24.3 Å². The van der Waals surface area contributed by atoms with Gasteiger partial charge in [-0.1, -0.05) is 12.1 Å². The van der Waals surface area contributed by atoms with E-state index in [-0.39, 0.29) is 23.1 Å². The van der Waals surface area contributed by atoms with Crippen LogP contribution in [0.2, 0.25) is 0 Å². The Morgan fingerprint density at radius 2 is 2.05 bits per heavy atom. The number of benzene rings is 1. The van der Waals surface area contributed by atoms with Gasteiger partial charge in [-0.15, -0.1) is 0 Å². The van der Waals surface area contributed by atoms with Crippen molar-refractivity contribution in [2.75, 3.05) is 11.1 Å². The average Bonchev–Trinajstić information content (AvgIpc) is 2.26. The SMILES string of the molecule is Cc1cccc(Nc2nc(N)nc(C)c2[N+](=O)[O-])c1. The van der Waals surface area contributed by atoms with Crippen LogP contribution in [-0.4, -0.2) is 14.9 Å². The molecule has 3 N–H and O–H groups in total. The molecule has 1 aromatic heterocycles. The van der Waals surface area contributed by atoms with Gasteiger partial charge in [-0.05, 0) is 31.5 Å². The molecule has 0 aliphatic heterocycles. The van der Waals surface area contributed by atoms with Gasteiger partial charge in [0, 0.05) is 5.69 Å². The lowest BCUT2D eigenvalue weighted by atomic mass is 10.2. The normalized spacial score (nSPS) is 10.2. The highest BCUT2D eigenvalue weighted by Gasteiger charge is 2.21. The maximum atomic E-state index is 11.1. The van der Waals surface area contributed by atoms with Crippen LogP contribution in [0.5, 0.6) is 0 Å². The molecule has 1 aromatic carbocycles. The smallest absolute Gasteiger partial charge is 0.332 e. The molecule has 0 saturated carbocycles. The molecule has 0 saturated heterocycles. The summed E-state index contributed by atoms with van der Waals surface area (Å²) in [5.41, 5.74) is 7.33. The van der Waals surface area contributed by atoms with Crippen LogP contribution in [-0.2, 0) is 0 Å². The Kier molecular flexibility index (Phi) is 3.28. The van der Waals surface area contributed by atoms with E-state index in [1.54, 1.807) is 6.07 Å². The van der Waals surface area contributed by atoms with Crippen molar-refractivity contribution in [3.05, 3.63) is 45.6 Å². The fourth-order valence-corrected chi connectivity index (χ4v) is 1.75. The molecule has 0 bridgehead atoms. The standard InChI is InChI=1S/C12H13N5O2/c1-7-4-3-5-9(6-7)15-11-10(17(18)19)8(2)14-12(13)16-11/h3-6H,1-2H3,(H3,13,14,15,16). The summed E-state index contributed by atoms with van der Waals surface area (Å²) in [4.78, 5) is 18.2. The Hall–Kier alpha value is -2.70. The van der Waals surface area contributed by atoms with Crippen molar-refractivity contribution in [3.63, 3.8) is 0 Å². The van der Waals surface area contributed by atoms with Gasteiger partial charge in [-0.2, -0.15) is 4.98 Å². The van der Waals surface area contributed by atoms with Gasteiger partial charge in [0.15, 0.2) is 0 Å². The molecule has 2 rings (SSSR count). The molecular formula is C12H13N5O2. The maximum absolute atomic E-state index is 11.1. The number of aryl methyl sites for hydroxylation is 2. The van der Waals surface area contributed by atoms with E-state index in [1.165, 1.54) is 6.92 Å². The second-order valence-corrected chi connectivity index (χ2v) is 4.12. The Bertz CT molecular complexity index is 642. The van der Waals surface area contributed by atoms with Crippen LogP contribution in [0.3, 0.4) is 0 Å². The molecule has 0 radical (unpaired) electrons. The first kappa shape index (κ1) is 12.7. The molecule has 7 heteroatoms. The first-order chi connectivity index (χ1) is 8.97. The Labute approximate surface area is 109 Å². The van der Waals surface area contributed by atoms with Gasteiger partial charge < -0.3 is 11.1 Å². The first-order valence-corrected chi connectivity index (χ1v) is 5.59. The summed E-state index contributed by atoms with van der Waals surface area (Å²) in [5.74, 6) is 0.0962. The van der Waals surface area contributed by atoms with Crippen LogP contribution in [0.4, 0.5) is 23.1 Å². The monoisotopic (exact) mass is 259 g/mol. The van der Waals surface area contributed by atoms with Gasteiger partial charge in [0.05, 0.1) is 4.92 Å². The molecule has 0 spiro atoms. The van der Waals surface area contributed by atoms with Crippen LogP contribution in [0.25, 0.3) is 0 Å². The lowest BCUT2D eigenvalue weighted by Crippen LogP contribution is -2.07. The summed E-state index contributed by atoms with van der Waals surface area (Å²) in [7, 11) is 0. The topological polar surface area (TPSA) is 107 Å². The molecular weight excluding hydrogens is 246 g/mol. The third kappa shape index (κ3) is 2.76. The van der Waals surface area contributed by atoms with Crippen molar-refractivity contribution >= 4 is 23.1 Å². The lowest BCUT2D eigenvalue weighted by molar-refractivity contribution is -0.385. The van der Waals surface area contributed by atoms with Crippen LogP contribution >= 0.6 is 0 Å². The fourth-order valence-electron chi connectivity index (χ4n) is 1.75. The number of rotatable bonds is 3. The number of nitrogen functional groups attached to an aromatic ring is 1. The van der Waals surface area contributed by atoms with Gasteiger partial charge in [-0.25, -0.2) is 4.98 Å². The number of nitrogens with one attached hydrogen (secondary N) is 1. The highest BCUT2D eigenvalue weighted by molar-refractivity contribution is 5.68. The minimum Gasteiger partial charge on any atom is -0.368 e. The van der Waals surface area contributed by atoms with E-state index in [0.29, 0.717) is 5.69 Å². The van der Waals surface area contributed by atoms with Crippen molar-refractivity contribution < 1.29 is 4.92 Å². The molecule has 7 nitrogen and oxygen atoms in total. The zero-order chi connectivity index (χ0) is 14.0. The predicted octanol–water partition coefficient (Wildman–Crippen LogP) is 2.33. The van der Waals surface area contributed by atoms with E-state index in [0.717, 1.165) is 5.56 Å². The van der Waals surface area contributed by atoms with Gasteiger partial charge in [0.1, 0.15) is 5.69 Å². The van der Waals surface area contributed by atoms with Crippen LogP contribution < -0.4 is 11.1 Å². The van der Waals surface area contributed by atoms with Crippen LogP contribution in [0, 0.1) is 24.0 Å². The van der Waals surface area contributed by atoms with E-state index < -0.39 is 4.92 Å². The number of nitrogens with two attached hydrogens (primary N) is 1. The van der Waals surface area contributed by atoms with E-state index in [9.17, 15) is 10.1 Å². The number of anilines is 3. The van der Waals surface area contributed by atoms with Crippen molar-refractivity contribution in [2.45, 2.75) is 13.8 Å². The number of hydrogen-bond acceptors (Lipinski definition) is 6. The molecule has 98 valence electrons. The summed E-state index contributed by atoms with van der Waals surface area (Å²) >= 11 is 0.